The maximum atomic E-state index is 4.83. The van der Waals surface area contributed by atoms with Gasteiger partial charge in [-0.05, 0) is 54.3 Å². The highest BCUT2D eigenvalue weighted by Crippen LogP contribution is 2.34. The van der Waals surface area contributed by atoms with E-state index in [1.165, 1.54) is 37.5 Å². The number of pyridine rings is 1. The van der Waals surface area contributed by atoms with E-state index in [9.17, 15) is 0 Å². The Morgan fingerprint density at radius 3 is 2.91 bits per heavy atom. The summed E-state index contributed by atoms with van der Waals surface area (Å²) in [4.78, 5) is 8.70. The Bertz CT molecular complexity index is 1440. The lowest BCUT2D eigenvalue weighted by molar-refractivity contribution is 0.268. The van der Waals surface area contributed by atoms with Gasteiger partial charge in [-0.25, -0.2) is 0 Å². The molecular formula is C28H28N4S. The van der Waals surface area contributed by atoms with Crippen LogP contribution >= 0.6 is 11.3 Å². The first-order chi connectivity index (χ1) is 16.2. The summed E-state index contributed by atoms with van der Waals surface area (Å²) in [6.07, 6.45) is 6.22. The van der Waals surface area contributed by atoms with Crippen LogP contribution in [0.25, 0.3) is 22.7 Å². The summed E-state index contributed by atoms with van der Waals surface area (Å²) >= 11 is 1.82. The topological polar surface area (TPSA) is 40.2 Å². The second kappa shape index (κ2) is 8.65. The lowest BCUT2D eigenvalue weighted by atomic mass is 10.00. The SMILES string of the molecule is Cc1cc2c(s1)NC=c1cccnc1=C2N1CCNC(CCc2ccc3ccccc3c2)C1. The van der Waals surface area contributed by atoms with Gasteiger partial charge in [-0.15, -0.1) is 11.3 Å². The van der Waals surface area contributed by atoms with Crippen molar-refractivity contribution in [3.63, 3.8) is 0 Å². The van der Waals surface area contributed by atoms with Crippen molar-refractivity contribution in [2.75, 3.05) is 25.0 Å². The molecule has 0 aliphatic carbocycles. The third kappa shape index (κ3) is 4.03. The molecule has 0 amide bonds. The van der Waals surface area contributed by atoms with Crippen LogP contribution in [0.3, 0.4) is 0 Å². The number of anilines is 1. The van der Waals surface area contributed by atoms with Crippen LogP contribution in [0.5, 0.6) is 0 Å². The van der Waals surface area contributed by atoms with E-state index in [4.69, 9.17) is 4.98 Å². The minimum Gasteiger partial charge on any atom is -0.366 e. The molecule has 0 bridgehead atoms. The summed E-state index contributed by atoms with van der Waals surface area (Å²) < 4.78 is 0. The van der Waals surface area contributed by atoms with Crippen LogP contribution in [0.4, 0.5) is 5.00 Å². The molecular weight excluding hydrogens is 424 g/mol. The van der Waals surface area contributed by atoms with Crippen molar-refractivity contribution in [2.24, 2.45) is 0 Å². The summed E-state index contributed by atoms with van der Waals surface area (Å²) in [7, 11) is 0. The average Bonchev–Trinajstić information content (AvgIpc) is 3.15. The van der Waals surface area contributed by atoms with E-state index in [1.807, 2.05) is 23.6 Å². The van der Waals surface area contributed by atoms with Gasteiger partial charge in [0.15, 0.2) is 0 Å². The molecule has 4 aromatic rings. The Morgan fingerprint density at radius 1 is 1.06 bits per heavy atom. The Morgan fingerprint density at radius 2 is 1.97 bits per heavy atom. The molecule has 6 rings (SSSR count). The Kier molecular flexibility index (Phi) is 5.36. The zero-order valence-corrected chi connectivity index (χ0v) is 19.7. The highest BCUT2D eigenvalue weighted by Gasteiger charge is 2.26. The van der Waals surface area contributed by atoms with Crippen LogP contribution in [-0.2, 0) is 6.42 Å². The first kappa shape index (κ1) is 20.5. The monoisotopic (exact) mass is 452 g/mol. The van der Waals surface area contributed by atoms with Crippen molar-refractivity contribution >= 4 is 39.0 Å². The van der Waals surface area contributed by atoms with E-state index in [1.54, 1.807) is 0 Å². The van der Waals surface area contributed by atoms with Crippen LogP contribution < -0.4 is 21.2 Å². The van der Waals surface area contributed by atoms with Gasteiger partial charge in [0.2, 0.25) is 0 Å². The van der Waals surface area contributed by atoms with Gasteiger partial charge in [0.25, 0.3) is 0 Å². The molecule has 2 aromatic heterocycles. The number of fused-ring (bicyclic) bond motifs is 3. The molecule has 33 heavy (non-hydrogen) atoms. The lowest BCUT2D eigenvalue weighted by Crippen LogP contribution is -2.51. The van der Waals surface area contributed by atoms with Gasteiger partial charge in [0, 0.05) is 53.7 Å². The van der Waals surface area contributed by atoms with Crippen LogP contribution in [0.15, 0.2) is 66.9 Å². The van der Waals surface area contributed by atoms with Gasteiger partial charge >= 0.3 is 0 Å². The van der Waals surface area contributed by atoms with Crippen molar-refractivity contribution < 1.29 is 0 Å². The second-order valence-corrected chi connectivity index (χ2v) is 10.3. The molecule has 5 heteroatoms. The van der Waals surface area contributed by atoms with E-state index < -0.39 is 0 Å². The number of hydrogen-bond acceptors (Lipinski definition) is 5. The molecule has 0 radical (unpaired) electrons. The molecule has 4 nitrogen and oxygen atoms in total. The third-order valence-electron chi connectivity index (χ3n) is 6.70. The molecule has 4 heterocycles. The van der Waals surface area contributed by atoms with Crippen molar-refractivity contribution in [3.05, 3.63) is 93.4 Å². The van der Waals surface area contributed by atoms with Crippen LogP contribution in [0, 0.1) is 6.92 Å². The number of rotatable bonds is 4. The van der Waals surface area contributed by atoms with Crippen molar-refractivity contribution in [2.45, 2.75) is 25.8 Å². The smallest absolute Gasteiger partial charge is 0.102 e. The van der Waals surface area contributed by atoms with Crippen molar-refractivity contribution in [3.8, 4) is 0 Å². The molecule has 2 aliphatic heterocycles. The molecule has 0 saturated carbocycles. The first-order valence-corrected chi connectivity index (χ1v) is 12.6. The molecule has 1 atom stereocenters. The molecule has 1 unspecified atom stereocenters. The van der Waals surface area contributed by atoms with Gasteiger partial charge in [-0.1, -0.05) is 42.5 Å². The third-order valence-corrected chi connectivity index (χ3v) is 7.68. The highest BCUT2D eigenvalue weighted by molar-refractivity contribution is 7.16. The molecule has 2 N–H and O–H groups in total. The fourth-order valence-electron chi connectivity index (χ4n) is 5.08. The number of nitrogens with one attached hydrogen (secondary N) is 2. The molecule has 2 aromatic carbocycles. The van der Waals surface area contributed by atoms with E-state index >= 15 is 0 Å². The Balaban J connectivity index is 1.28. The largest absolute Gasteiger partial charge is 0.366 e. The van der Waals surface area contributed by atoms with Gasteiger partial charge < -0.3 is 15.5 Å². The summed E-state index contributed by atoms with van der Waals surface area (Å²) in [5.74, 6) is 0. The van der Waals surface area contributed by atoms with E-state index in [2.05, 4.69) is 83.3 Å². The van der Waals surface area contributed by atoms with Crippen molar-refractivity contribution in [1.29, 1.82) is 0 Å². The zero-order chi connectivity index (χ0) is 22.2. The molecule has 2 aliphatic rings. The number of nitrogens with zero attached hydrogens (tertiary/aromatic N) is 2. The fraction of sp³-hybridized carbons (Fsp3) is 0.250. The van der Waals surface area contributed by atoms with Gasteiger partial charge in [0.05, 0.1) is 11.0 Å². The van der Waals surface area contributed by atoms with Gasteiger partial charge in [0.1, 0.15) is 5.00 Å². The molecule has 166 valence electrons. The maximum Gasteiger partial charge on any atom is 0.102 e. The lowest BCUT2D eigenvalue weighted by Gasteiger charge is -2.36. The van der Waals surface area contributed by atoms with Gasteiger partial charge in [-0.3, -0.25) is 4.98 Å². The quantitative estimate of drug-likeness (QED) is 0.494. The van der Waals surface area contributed by atoms with Gasteiger partial charge in [-0.2, -0.15) is 0 Å². The highest BCUT2D eigenvalue weighted by atomic mass is 32.1. The molecule has 0 spiro atoms. The maximum absolute atomic E-state index is 4.83. The second-order valence-electron chi connectivity index (χ2n) is 9.00. The van der Waals surface area contributed by atoms with Crippen LogP contribution in [0.2, 0.25) is 0 Å². The minimum absolute atomic E-state index is 0.452. The predicted octanol–water partition coefficient (Wildman–Crippen LogP) is 3.83. The normalized spacial score (nSPS) is 17.7. The standard InChI is InChI=1S/C28H28N4S/c1-19-15-25-27(26-23(7-4-12-30-26)17-31-28(25)33-19)32-14-13-29-24(18-32)11-9-20-8-10-21-5-2-3-6-22(21)16-20/h2-8,10,12,15-17,24,29,31H,9,11,13-14,18H2,1H3. The Hall–Kier alpha value is -3.15. The van der Waals surface area contributed by atoms with Crippen LogP contribution in [-0.4, -0.2) is 35.6 Å². The first-order valence-electron chi connectivity index (χ1n) is 11.7. The number of hydrogen-bond donors (Lipinski definition) is 2. The van der Waals surface area contributed by atoms with E-state index in [-0.39, 0.29) is 0 Å². The number of piperazine rings is 1. The summed E-state index contributed by atoms with van der Waals surface area (Å²) in [6, 6.07) is 22.4. The predicted molar refractivity (Wildman–Crippen MR) is 139 cm³/mol. The number of benzene rings is 2. The summed E-state index contributed by atoms with van der Waals surface area (Å²) in [5.41, 5.74) is 3.96. The minimum atomic E-state index is 0.452. The van der Waals surface area contributed by atoms with E-state index in [0.29, 0.717) is 6.04 Å². The zero-order valence-electron chi connectivity index (χ0n) is 18.8. The van der Waals surface area contributed by atoms with Crippen LogP contribution in [0.1, 0.15) is 22.4 Å². The van der Waals surface area contributed by atoms with Crippen molar-refractivity contribution in [1.82, 2.24) is 15.2 Å². The Labute approximate surface area is 198 Å². The number of aryl methyl sites for hydroxylation is 2. The summed E-state index contributed by atoms with van der Waals surface area (Å²) in [6.45, 7) is 5.16. The summed E-state index contributed by atoms with van der Waals surface area (Å²) in [5, 5.41) is 13.4. The number of aromatic nitrogens is 1. The average molecular weight is 453 g/mol. The fourth-order valence-corrected chi connectivity index (χ4v) is 5.96. The number of thiophene rings is 1. The molecule has 1 fully saturated rings. The molecule has 1 saturated heterocycles. The van der Waals surface area contributed by atoms with E-state index in [0.717, 1.165) is 43.0 Å².